The number of carbonyl (C=O) groups is 2. The lowest BCUT2D eigenvalue weighted by molar-refractivity contribution is 0.0692. The zero-order chi connectivity index (χ0) is 18.6. The molecule has 0 amide bonds. The van der Waals surface area contributed by atoms with E-state index in [4.69, 9.17) is 0 Å². The van der Waals surface area contributed by atoms with E-state index in [9.17, 15) is 19.8 Å². The molecule has 0 saturated carbocycles. The maximum atomic E-state index is 12.0. The molecule has 4 heteroatoms. The molecule has 1 aromatic carbocycles. The third-order valence-corrected chi connectivity index (χ3v) is 4.40. The first-order valence-electron chi connectivity index (χ1n) is 8.69. The monoisotopic (exact) mass is 334 g/mol. The van der Waals surface area contributed by atoms with Gasteiger partial charge < -0.3 is 10.2 Å². The predicted molar refractivity (Wildman–Crippen MR) is 96.1 cm³/mol. The summed E-state index contributed by atoms with van der Waals surface area (Å²) in [5.74, 6) is -1.34. The Morgan fingerprint density at radius 3 is 1.75 bits per heavy atom. The maximum absolute atomic E-state index is 12.0. The SMILES string of the molecule is CC(C)CC(C)c1ccc(C(=O)O)c(C(C)CC(C)C)c1C(=O)O. The molecular formula is C20H30O4. The lowest BCUT2D eigenvalue weighted by atomic mass is 9.80. The Bertz CT molecular complexity index is 602. The van der Waals surface area contributed by atoms with Gasteiger partial charge in [-0.2, -0.15) is 0 Å². The summed E-state index contributed by atoms with van der Waals surface area (Å²) in [4.78, 5) is 23.7. The Morgan fingerprint density at radius 1 is 0.833 bits per heavy atom. The van der Waals surface area contributed by atoms with Crippen molar-refractivity contribution in [2.75, 3.05) is 0 Å². The van der Waals surface area contributed by atoms with Gasteiger partial charge >= 0.3 is 11.9 Å². The van der Waals surface area contributed by atoms with Crippen LogP contribution in [0.3, 0.4) is 0 Å². The molecule has 2 atom stereocenters. The van der Waals surface area contributed by atoms with Crippen LogP contribution in [-0.4, -0.2) is 22.2 Å². The Kier molecular flexibility index (Phi) is 7.00. The lowest BCUT2D eigenvalue weighted by Crippen LogP contribution is -2.17. The van der Waals surface area contributed by atoms with Crippen molar-refractivity contribution in [3.8, 4) is 0 Å². The minimum absolute atomic E-state index is 0.0731. The molecule has 2 N–H and O–H groups in total. The summed E-state index contributed by atoms with van der Waals surface area (Å²) < 4.78 is 0. The zero-order valence-corrected chi connectivity index (χ0v) is 15.6. The van der Waals surface area contributed by atoms with E-state index in [0.29, 0.717) is 17.4 Å². The van der Waals surface area contributed by atoms with Gasteiger partial charge in [0.15, 0.2) is 0 Å². The van der Waals surface area contributed by atoms with Crippen LogP contribution in [0.25, 0.3) is 0 Å². The second kappa shape index (κ2) is 8.32. The van der Waals surface area contributed by atoms with E-state index < -0.39 is 11.9 Å². The summed E-state index contributed by atoms with van der Waals surface area (Å²) in [6.45, 7) is 12.3. The largest absolute Gasteiger partial charge is 0.478 e. The maximum Gasteiger partial charge on any atom is 0.336 e. The standard InChI is InChI=1S/C20H30O4/c1-11(2)9-13(5)15-7-8-16(19(21)22)17(18(15)20(23)24)14(6)10-12(3)4/h7-8,11-14H,9-10H2,1-6H3,(H,21,22)(H,23,24). The molecule has 2 unspecified atom stereocenters. The van der Waals surface area contributed by atoms with E-state index >= 15 is 0 Å². The number of aromatic carboxylic acids is 2. The van der Waals surface area contributed by atoms with E-state index in [1.165, 1.54) is 0 Å². The minimum Gasteiger partial charge on any atom is -0.478 e. The summed E-state index contributed by atoms with van der Waals surface area (Å²) in [6, 6.07) is 3.26. The average molecular weight is 334 g/mol. The van der Waals surface area contributed by atoms with Crippen LogP contribution in [0, 0.1) is 11.8 Å². The molecule has 0 radical (unpaired) electrons. The van der Waals surface area contributed by atoms with Gasteiger partial charge in [0, 0.05) is 0 Å². The molecule has 0 saturated heterocycles. The van der Waals surface area contributed by atoms with E-state index in [2.05, 4.69) is 27.7 Å². The first-order valence-corrected chi connectivity index (χ1v) is 8.69. The summed E-state index contributed by atoms with van der Waals surface area (Å²) in [6.07, 6.45) is 1.62. The highest BCUT2D eigenvalue weighted by Gasteiger charge is 2.28. The number of hydrogen-bond acceptors (Lipinski definition) is 2. The Labute approximate surface area is 144 Å². The molecular weight excluding hydrogens is 304 g/mol. The summed E-state index contributed by atoms with van der Waals surface area (Å²) in [5, 5.41) is 19.4. The van der Waals surface area contributed by atoms with Crippen molar-refractivity contribution in [2.45, 2.75) is 66.2 Å². The molecule has 134 valence electrons. The van der Waals surface area contributed by atoms with Gasteiger partial charge in [0.05, 0.1) is 11.1 Å². The molecule has 0 bridgehead atoms. The van der Waals surface area contributed by atoms with Crippen LogP contribution in [0.4, 0.5) is 0 Å². The fourth-order valence-corrected chi connectivity index (χ4v) is 3.64. The van der Waals surface area contributed by atoms with Crippen LogP contribution in [0.1, 0.15) is 98.1 Å². The minimum atomic E-state index is -1.06. The lowest BCUT2D eigenvalue weighted by Gasteiger charge is -2.24. The molecule has 0 aromatic heterocycles. The molecule has 4 nitrogen and oxygen atoms in total. The van der Waals surface area contributed by atoms with Crippen LogP contribution in [-0.2, 0) is 0 Å². The number of rotatable bonds is 8. The smallest absolute Gasteiger partial charge is 0.336 e. The highest BCUT2D eigenvalue weighted by Crippen LogP contribution is 2.36. The van der Waals surface area contributed by atoms with Crippen molar-refractivity contribution < 1.29 is 19.8 Å². The van der Waals surface area contributed by atoms with Crippen LogP contribution in [0.5, 0.6) is 0 Å². The summed E-state index contributed by atoms with van der Waals surface area (Å²) >= 11 is 0. The molecule has 0 heterocycles. The second-order valence-corrected chi connectivity index (χ2v) is 7.66. The molecule has 1 rings (SSSR count). The van der Waals surface area contributed by atoms with Crippen molar-refractivity contribution in [1.82, 2.24) is 0 Å². The van der Waals surface area contributed by atoms with Gasteiger partial charge in [0.2, 0.25) is 0 Å². The van der Waals surface area contributed by atoms with Crippen molar-refractivity contribution in [3.05, 3.63) is 34.4 Å². The third-order valence-electron chi connectivity index (χ3n) is 4.40. The first kappa shape index (κ1) is 20.2. The second-order valence-electron chi connectivity index (χ2n) is 7.66. The zero-order valence-electron chi connectivity index (χ0n) is 15.6. The molecule has 0 spiro atoms. The first-order chi connectivity index (χ1) is 11.1. The molecule has 0 fully saturated rings. The molecule has 0 aliphatic carbocycles. The van der Waals surface area contributed by atoms with E-state index in [-0.39, 0.29) is 23.0 Å². The normalized spacial score (nSPS) is 14.0. The van der Waals surface area contributed by atoms with Gasteiger partial charge in [0.1, 0.15) is 0 Å². The van der Waals surface area contributed by atoms with Gasteiger partial charge in [-0.15, -0.1) is 0 Å². The van der Waals surface area contributed by atoms with Gasteiger partial charge in [-0.1, -0.05) is 47.6 Å². The number of benzene rings is 1. The number of hydrogen-bond donors (Lipinski definition) is 2. The van der Waals surface area contributed by atoms with Gasteiger partial charge in [0.25, 0.3) is 0 Å². The summed E-state index contributed by atoms with van der Waals surface area (Å²) in [5.41, 5.74) is 1.51. The Balaban J connectivity index is 3.59. The van der Waals surface area contributed by atoms with Crippen LogP contribution in [0.2, 0.25) is 0 Å². The van der Waals surface area contributed by atoms with Gasteiger partial charge in [-0.3, -0.25) is 0 Å². The van der Waals surface area contributed by atoms with Crippen LogP contribution < -0.4 is 0 Å². The van der Waals surface area contributed by atoms with E-state index in [0.717, 1.165) is 18.4 Å². The third kappa shape index (κ3) is 4.83. The Hall–Kier alpha value is -1.84. The molecule has 1 aromatic rings. The van der Waals surface area contributed by atoms with Gasteiger partial charge in [-0.05, 0) is 53.7 Å². The molecule has 24 heavy (non-hydrogen) atoms. The quantitative estimate of drug-likeness (QED) is 0.669. The van der Waals surface area contributed by atoms with Crippen molar-refractivity contribution in [2.24, 2.45) is 11.8 Å². The molecule has 0 aliphatic rings. The van der Waals surface area contributed by atoms with E-state index in [1.54, 1.807) is 12.1 Å². The van der Waals surface area contributed by atoms with Crippen LogP contribution >= 0.6 is 0 Å². The van der Waals surface area contributed by atoms with Gasteiger partial charge in [-0.25, -0.2) is 9.59 Å². The van der Waals surface area contributed by atoms with Crippen molar-refractivity contribution >= 4 is 11.9 Å². The fraction of sp³-hybridized carbons (Fsp3) is 0.600. The molecule has 0 aliphatic heterocycles. The highest BCUT2D eigenvalue weighted by atomic mass is 16.4. The fourth-order valence-electron chi connectivity index (χ4n) is 3.64. The van der Waals surface area contributed by atoms with Crippen LogP contribution in [0.15, 0.2) is 12.1 Å². The number of carboxylic acid groups (broad SMARTS) is 2. The average Bonchev–Trinajstić information content (AvgIpc) is 2.43. The topological polar surface area (TPSA) is 74.6 Å². The predicted octanol–water partition coefficient (Wildman–Crippen LogP) is 5.38. The Morgan fingerprint density at radius 2 is 1.33 bits per heavy atom. The number of carboxylic acids is 2. The summed E-state index contributed by atoms with van der Waals surface area (Å²) in [7, 11) is 0. The highest BCUT2D eigenvalue weighted by molar-refractivity contribution is 5.98. The van der Waals surface area contributed by atoms with E-state index in [1.807, 2.05) is 13.8 Å². The van der Waals surface area contributed by atoms with Crippen molar-refractivity contribution in [3.63, 3.8) is 0 Å². The van der Waals surface area contributed by atoms with Crippen molar-refractivity contribution in [1.29, 1.82) is 0 Å².